The number of hydrogen-bond donors (Lipinski definition) is 1. The molecule has 100 valence electrons. The standard InChI is InChI=1S/C13H12BrClN2O2/c1-7-11(15)16-13(19)17(12(7)18)8(2)9-3-5-10(14)6-4-9/h3-6,8H,1-2H3,(H,16,19). The van der Waals surface area contributed by atoms with Crippen LogP contribution in [-0.4, -0.2) is 9.55 Å². The lowest BCUT2D eigenvalue weighted by Gasteiger charge is -2.15. The van der Waals surface area contributed by atoms with Crippen molar-refractivity contribution in [3.05, 3.63) is 65.9 Å². The second-order valence-electron chi connectivity index (χ2n) is 4.27. The molecule has 0 saturated heterocycles. The Morgan fingerprint density at radius 3 is 2.42 bits per heavy atom. The summed E-state index contributed by atoms with van der Waals surface area (Å²) in [6, 6.07) is 7.11. The maximum absolute atomic E-state index is 12.1. The molecule has 2 aromatic rings. The van der Waals surface area contributed by atoms with Crippen molar-refractivity contribution in [2.75, 3.05) is 0 Å². The Morgan fingerprint density at radius 2 is 1.84 bits per heavy atom. The van der Waals surface area contributed by atoms with Gasteiger partial charge in [0.2, 0.25) is 0 Å². The van der Waals surface area contributed by atoms with Crippen molar-refractivity contribution in [2.24, 2.45) is 0 Å². The molecule has 0 spiro atoms. The molecule has 1 unspecified atom stereocenters. The van der Waals surface area contributed by atoms with Crippen LogP contribution < -0.4 is 11.2 Å². The predicted octanol–water partition coefficient (Wildman–Crippen LogP) is 2.87. The van der Waals surface area contributed by atoms with Crippen LogP contribution in [0.5, 0.6) is 0 Å². The molecule has 0 aliphatic carbocycles. The molecule has 1 heterocycles. The van der Waals surface area contributed by atoms with Crippen molar-refractivity contribution in [3.63, 3.8) is 0 Å². The average molecular weight is 344 g/mol. The van der Waals surface area contributed by atoms with E-state index in [2.05, 4.69) is 20.9 Å². The number of H-pyrrole nitrogens is 1. The van der Waals surface area contributed by atoms with Gasteiger partial charge in [0.15, 0.2) is 0 Å². The van der Waals surface area contributed by atoms with Crippen LogP contribution in [0.3, 0.4) is 0 Å². The second-order valence-corrected chi connectivity index (χ2v) is 5.57. The lowest BCUT2D eigenvalue weighted by atomic mass is 10.1. The van der Waals surface area contributed by atoms with E-state index in [1.165, 1.54) is 4.57 Å². The topological polar surface area (TPSA) is 54.9 Å². The fraction of sp³-hybridized carbons (Fsp3) is 0.231. The first-order valence-electron chi connectivity index (χ1n) is 5.68. The van der Waals surface area contributed by atoms with Gasteiger partial charge in [0.25, 0.3) is 5.56 Å². The van der Waals surface area contributed by atoms with E-state index in [0.29, 0.717) is 5.56 Å². The van der Waals surface area contributed by atoms with Gasteiger partial charge >= 0.3 is 5.69 Å². The fourth-order valence-corrected chi connectivity index (χ4v) is 2.28. The third-order valence-electron chi connectivity index (χ3n) is 3.04. The van der Waals surface area contributed by atoms with Gasteiger partial charge in [0.1, 0.15) is 5.15 Å². The molecule has 0 saturated carbocycles. The van der Waals surface area contributed by atoms with E-state index >= 15 is 0 Å². The van der Waals surface area contributed by atoms with Gasteiger partial charge in [-0.05, 0) is 31.5 Å². The number of halogens is 2. The Morgan fingerprint density at radius 1 is 1.26 bits per heavy atom. The number of nitrogens with one attached hydrogen (secondary N) is 1. The van der Waals surface area contributed by atoms with E-state index in [1.807, 2.05) is 24.3 Å². The Balaban J connectivity index is 2.59. The Hall–Kier alpha value is -1.33. The highest BCUT2D eigenvalue weighted by Crippen LogP contribution is 2.18. The Kier molecular flexibility index (Phi) is 3.96. The van der Waals surface area contributed by atoms with E-state index in [9.17, 15) is 9.59 Å². The zero-order chi connectivity index (χ0) is 14.2. The van der Waals surface area contributed by atoms with E-state index in [1.54, 1.807) is 13.8 Å². The highest BCUT2D eigenvalue weighted by Gasteiger charge is 2.15. The molecule has 0 bridgehead atoms. The second kappa shape index (κ2) is 5.35. The Bertz CT molecular complexity index is 719. The molecule has 0 amide bonds. The molecule has 1 aromatic heterocycles. The van der Waals surface area contributed by atoms with Crippen LogP contribution in [0.4, 0.5) is 0 Å². The Labute approximate surface area is 123 Å². The van der Waals surface area contributed by atoms with Crippen LogP contribution in [0.1, 0.15) is 24.1 Å². The van der Waals surface area contributed by atoms with Crippen molar-refractivity contribution in [1.29, 1.82) is 0 Å². The first kappa shape index (κ1) is 14.1. The summed E-state index contributed by atoms with van der Waals surface area (Å²) < 4.78 is 2.11. The molecule has 1 atom stereocenters. The largest absolute Gasteiger partial charge is 0.330 e. The summed E-state index contributed by atoms with van der Waals surface area (Å²) in [4.78, 5) is 26.5. The summed E-state index contributed by atoms with van der Waals surface area (Å²) in [5.74, 6) is 0. The highest BCUT2D eigenvalue weighted by atomic mass is 79.9. The maximum atomic E-state index is 12.1. The van der Waals surface area contributed by atoms with Gasteiger partial charge in [-0.2, -0.15) is 0 Å². The molecule has 6 heteroatoms. The van der Waals surface area contributed by atoms with E-state index in [-0.39, 0.29) is 16.8 Å². The third kappa shape index (κ3) is 2.67. The van der Waals surface area contributed by atoms with Gasteiger partial charge in [0, 0.05) is 10.0 Å². The maximum Gasteiger partial charge on any atom is 0.330 e. The van der Waals surface area contributed by atoms with Crippen LogP contribution in [0.25, 0.3) is 0 Å². The molecule has 19 heavy (non-hydrogen) atoms. The predicted molar refractivity (Wildman–Crippen MR) is 79.0 cm³/mol. The lowest BCUT2D eigenvalue weighted by Crippen LogP contribution is -2.38. The van der Waals surface area contributed by atoms with Crippen molar-refractivity contribution in [3.8, 4) is 0 Å². The van der Waals surface area contributed by atoms with Crippen LogP contribution in [-0.2, 0) is 0 Å². The summed E-state index contributed by atoms with van der Waals surface area (Å²) >= 11 is 9.13. The van der Waals surface area contributed by atoms with Crippen LogP contribution >= 0.6 is 27.5 Å². The number of benzene rings is 1. The number of aromatic amines is 1. The molecule has 2 rings (SSSR count). The third-order valence-corrected chi connectivity index (χ3v) is 3.95. The summed E-state index contributed by atoms with van der Waals surface area (Å²) in [5.41, 5.74) is 0.336. The molecular weight excluding hydrogens is 332 g/mol. The van der Waals surface area contributed by atoms with E-state index in [4.69, 9.17) is 11.6 Å². The van der Waals surface area contributed by atoms with Gasteiger partial charge < -0.3 is 0 Å². The summed E-state index contributed by atoms with van der Waals surface area (Å²) in [6.07, 6.45) is 0. The first-order valence-corrected chi connectivity index (χ1v) is 6.85. The number of aromatic nitrogens is 2. The summed E-state index contributed by atoms with van der Waals surface area (Å²) in [7, 11) is 0. The number of rotatable bonds is 2. The molecule has 0 fully saturated rings. The molecule has 1 N–H and O–H groups in total. The smallest absolute Gasteiger partial charge is 0.297 e. The molecule has 0 radical (unpaired) electrons. The van der Waals surface area contributed by atoms with Gasteiger partial charge in [-0.3, -0.25) is 14.3 Å². The highest BCUT2D eigenvalue weighted by molar-refractivity contribution is 9.10. The monoisotopic (exact) mass is 342 g/mol. The normalized spacial score (nSPS) is 12.4. The van der Waals surface area contributed by atoms with E-state index < -0.39 is 5.69 Å². The van der Waals surface area contributed by atoms with E-state index in [0.717, 1.165) is 10.0 Å². The van der Waals surface area contributed by atoms with Crippen LogP contribution in [0.15, 0.2) is 38.3 Å². The number of nitrogens with zero attached hydrogens (tertiary/aromatic N) is 1. The zero-order valence-electron chi connectivity index (χ0n) is 10.4. The first-order chi connectivity index (χ1) is 8.91. The van der Waals surface area contributed by atoms with Crippen molar-refractivity contribution < 1.29 is 0 Å². The van der Waals surface area contributed by atoms with Gasteiger partial charge in [-0.1, -0.05) is 39.7 Å². The average Bonchev–Trinajstić information content (AvgIpc) is 2.37. The number of hydrogen-bond acceptors (Lipinski definition) is 2. The molecule has 1 aromatic carbocycles. The van der Waals surface area contributed by atoms with Gasteiger partial charge in [-0.15, -0.1) is 0 Å². The quantitative estimate of drug-likeness (QED) is 0.853. The van der Waals surface area contributed by atoms with Crippen molar-refractivity contribution >= 4 is 27.5 Å². The minimum absolute atomic E-state index is 0.0919. The van der Waals surface area contributed by atoms with Crippen molar-refractivity contribution in [2.45, 2.75) is 19.9 Å². The molecule has 0 aliphatic heterocycles. The minimum atomic E-state index is -0.504. The lowest BCUT2D eigenvalue weighted by molar-refractivity contribution is 0.574. The van der Waals surface area contributed by atoms with Crippen LogP contribution in [0.2, 0.25) is 5.15 Å². The van der Waals surface area contributed by atoms with Crippen molar-refractivity contribution in [1.82, 2.24) is 9.55 Å². The fourth-order valence-electron chi connectivity index (χ4n) is 1.86. The molecule has 4 nitrogen and oxygen atoms in total. The zero-order valence-corrected chi connectivity index (χ0v) is 12.7. The molecule has 0 aliphatic rings. The van der Waals surface area contributed by atoms with Gasteiger partial charge in [-0.25, -0.2) is 4.79 Å². The SMILES string of the molecule is Cc1c(Cl)[nH]c(=O)n(C(C)c2ccc(Br)cc2)c1=O. The summed E-state index contributed by atoms with van der Waals surface area (Å²) in [5, 5.41) is 0.0919. The molecular formula is C13H12BrClN2O2. The summed E-state index contributed by atoms with van der Waals surface area (Å²) in [6.45, 7) is 3.39. The minimum Gasteiger partial charge on any atom is -0.297 e. The van der Waals surface area contributed by atoms with Gasteiger partial charge in [0.05, 0.1) is 6.04 Å². The van der Waals surface area contributed by atoms with Crippen LogP contribution in [0, 0.1) is 6.92 Å².